The van der Waals surface area contributed by atoms with E-state index in [-0.39, 0.29) is 30.0 Å². The molecule has 39 heavy (non-hydrogen) atoms. The van der Waals surface area contributed by atoms with Crippen LogP contribution in [0.2, 0.25) is 0 Å². The van der Waals surface area contributed by atoms with Crippen LogP contribution >= 0.6 is 0 Å². The number of likely N-dealkylation sites (tertiary alicyclic amines) is 1. The number of benzene rings is 1. The lowest BCUT2D eigenvalue weighted by molar-refractivity contribution is -0.115. The molecule has 2 fully saturated rings. The molecule has 0 bridgehead atoms. The maximum Gasteiger partial charge on any atom is 0.410 e. The van der Waals surface area contributed by atoms with Crippen molar-refractivity contribution in [2.75, 3.05) is 26.2 Å². The summed E-state index contributed by atoms with van der Waals surface area (Å²) in [4.78, 5) is 56.6. The molecule has 2 aromatic rings. The molecule has 1 aliphatic carbocycles. The molecule has 10 heteroatoms. The second-order valence-electron chi connectivity index (χ2n) is 10.9. The van der Waals surface area contributed by atoms with Crippen molar-refractivity contribution in [2.45, 2.75) is 78.0 Å². The third-order valence-electron chi connectivity index (χ3n) is 6.77. The number of hydroxylamine groups is 2. The fourth-order valence-corrected chi connectivity index (χ4v) is 4.73. The topological polar surface area (TPSA) is 105 Å². The average molecular weight is 538 g/mol. The minimum atomic E-state index is -0.532. The Balaban J connectivity index is 1.40. The van der Waals surface area contributed by atoms with E-state index in [9.17, 15) is 14.4 Å². The number of piperidine rings is 1. The number of carbonyl (C=O) groups excluding carboxylic acids is 3. The van der Waals surface area contributed by atoms with Crippen LogP contribution in [0.15, 0.2) is 36.7 Å². The molecule has 0 spiro atoms. The van der Waals surface area contributed by atoms with Gasteiger partial charge in [-0.2, -0.15) is 0 Å². The third-order valence-corrected chi connectivity index (χ3v) is 6.77. The number of aromatic nitrogens is 2. The van der Waals surface area contributed by atoms with Gasteiger partial charge in [0.1, 0.15) is 5.60 Å². The summed E-state index contributed by atoms with van der Waals surface area (Å²) in [7, 11) is 0. The maximum atomic E-state index is 13.5. The van der Waals surface area contributed by atoms with Gasteiger partial charge in [0.05, 0.1) is 12.2 Å². The minimum absolute atomic E-state index is 0.0628. The van der Waals surface area contributed by atoms with Gasteiger partial charge in [-0.1, -0.05) is 12.1 Å². The second kappa shape index (κ2) is 12.1. The van der Waals surface area contributed by atoms with E-state index in [0.717, 1.165) is 18.4 Å². The summed E-state index contributed by atoms with van der Waals surface area (Å²) in [6, 6.07) is 7.31. The van der Waals surface area contributed by atoms with Gasteiger partial charge in [0.15, 0.2) is 5.82 Å². The van der Waals surface area contributed by atoms with Crippen molar-refractivity contribution in [3.8, 4) is 11.4 Å². The molecule has 0 N–H and O–H groups in total. The molecular weight excluding hydrogens is 498 g/mol. The summed E-state index contributed by atoms with van der Waals surface area (Å²) in [5.74, 6) is 0.201. The normalized spacial score (nSPS) is 16.1. The molecule has 1 aliphatic heterocycles. The Bertz CT molecular complexity index is 1150. The second-order valence-corrected chi connectivity index (χ2v) is 10.9. The molecule has 0 unspecified atom stereocenters. The quantitative estimate of drug-likeness (QED) is 0.455. The first kappa shape index (κ1) is 28.5. The van der Waals surface area contributed by atoms with Crippen LogP contribution in [0, 0.1) is 0 Å². The molecular formula is C29H39N5O5. The molecule has 4 rings (SSSR count). The Kier molecular flexibility index (Phi) is 8.84. The zero-order valence-electron chi connectivity index (χ0n) is 23.6. The Labute approximate surface area is 230 Å². The molecule has 2 aliphatic rings. The Hall–Kier alpha value is -3.53. The van der Waals surface area contributed by atoms with Crippen molar-refractivity contribution in [3.63, 3.8) is 0 Å². The van der Waals surface area contributed by atoms with E-state index in [1.54, 1.807) is 41.6 Å². The summed E-state index contributed by atoms with van der Waals surface area (Å²) in [5.41, 5.74) is 1.18. The molecule has 3 amide bonds. The third kappa shape index (κ3) is 7.11. The Morgan fingerprint density at radius 1 is 0.897 bits per heavy atom. The summed E-state index contributed by atoms with van der Waals surface area (Å²) in [6.45, 7) is 11.3. The SMILES string of the molecule is CCON(CC)C(=O)c1ccc(-c2ncc(C(=O)N(C3CC3)C3CCN(C(=O)OC(C)(C)C)CC3)cn2)cc1. The molecule has 1 aromatic carbocycles. The number of ether oxygens (including phenoxy) is 1. The van der Waals surface area contributed by atoms with Crippen LogP contribution in [0.3, 0.4) is 0 Å². The van der Waals surface area contributed by atoms with Crippen molar-refractivity contribution >= 4 is 17.9 Å². The molecule has 10 nitrogen and oxygen atoms in total. The first-order valence-electron chi connectivity index (χ1n) is 13.8. The summed E-state index contributed by atoms with van der Waals surface area (Å²) in [6.07, 6.45) is 6.24. The number of nitrogens with zero attached hydrogens (tertiary/aromatic N) is 5. The first-order chi connectivity index (χ1) is 18.6. The number of hydrogen-bond donors (Lipinski definition) is 0. The zero-order chi connectivity index (χ0) is 28.2. The summed E-state index contributed by atoms with van der Waals surface area (Å²) >= 11 is 0. The van der Waals surface area contributed by atoms with E-state index in [4.69, 9.17) is 9.57 Å². The van der Waals surface area contributed by atoms with Crippen LogP contribution in [0.4, 0.5) is 4.79 Å². The average Bonchev–Trinajstić information content (AvgIpc) is 3.76. The van der Waals surface area contributed by atoms with Crippen molar-refractivity contribution < 1.29 is 24.0 Å². The summed E-state index contributed by atoms with van der Waals surface area (Å²) < 4.78 is 5.51. The Morgan fingerprint density at radius 2 is 1.49 bits per heavy atom. The highest BCUT2D eigenvalue weighted by atomic mass is 16.7. The number of amides is 3. The monoisotopic (exact) mass is 537 g/mol. The molecule has 1 saturated heterocycles. The van der Waals surface area contributed by atoms with Crippen molar-refractivity contribution in [2.24, 2.45) is 0 Å². The fraction of sp³-hybridized carbons (Fsp3) is 0.552. The van der Waals surface area contributed by atoms with E-state index < -0.39 is 5.60 Å². The van der Waals surface area contributed by atoms with Crippen molar-refractivity contribution in [1.82, 2.24) is 24.8 Å². The van der Waals surface area contributed by atoms with Crippen LogP contribution in [0.5, 0.6) is 0 Å². The summed E-state index contributed by atoms with van der Waals surface area (Å²) in [5, 5.41) is 1.33. The van der Waals surface area contributed by atoms with Gasteiger partial charge in [-0.15, -0.1) is 0 Å². The van der Waals surface area contributed by atoms with Crippen molar-refractivity contribution in [3.05, 3.63) is 47.8 Å². The van der Waals surface area contributed by atoms with E-state index in [0.29, 0.717) is 56.0 Å². The lowest BCUT2D eigenvalue weighted by Gasteiger charge is -2.39. The van der Waals surface area contributed by atoms with E-state index >= 15 is 0 Å². The van der Waals surface area contributed by atoms with E-state index in [1.165, 1.54) is 5.06 Å². The van der Waals surface area contributed by atoms with Gasteiger partial charge in [0, 0.05) is 55.2 Å². The van der Waals surface area contributed by atoms with Crippen LogP contribution in [-0.4, -0.2) is 86.7 Å². The standard InChI is InChI=1S/C29H39N5O5/c1-6-33(38-7-2)26(35)21-10-8-20(9-11-21)25-30-18-22(19-31-25)27(36)34(23-12-13-23)24-14-16-32(17-15-24)28(37)39-29(3,4)5/h8-11,18-19,23-24H,6-7,12-17H2,1-5H3. The number of rotatable bonds is 8. The molecule has 0 radical (unpaired) electrons. The van der Waals surface area contributed by atoms with Gasteiger partial charge < -0.3 is 14.5 Å². The van der Waals surface area contributed by atoms with E-state index in [2.05, 4.69) is 9.97 Å². The smallest absolute Gasteiger partial charge is 0.410 e. The Morgan fingerprint density at radius 3 is 2.00 bits per heavy atom. The first-order valence-corrected chi connectivity index (χ1v) is 13.8. The lowest BCUT2D eigenvalue weighted by Crippen LogP contribution is -2.50. The predicted molar refractivity (Wildman–Crippen MR) is 146 cm³/mol. The molecule has 2 heterocycles. The maximum absolute atomic E-state index is 13.5. The zero-order valence-corrected chi connectivity index (χ0v) is 23.6. The van der Waals surface area contributed by atoms with Gasteiger partial charge in [-0.25, -0.2) is 19.8 Å². The molecule has 0 atom stereocenters. The highest BCUT2D eigenvalue weighted by Crippen LogP contribution is 2.33. The molecule has 1 saturated carbocycles. The highest BCUT2D eigenvalue weighted by molar-refractivity contribution is 5.95. The van der Waals surface area contributed by atoms with Gasteiger partial charge in [0.25, 0.3) is 11.8 Å². The van der Waals surface area contributed by atoms with Crippen LogP contribution in [-0.2, 0) is 9.57 Å². The van der Waals surface area contributed by atoms with Crippen molar-refractivity contribution in [1.29, 1.82) is 0 Å². The fourth-order valence-electron chi connectivity index (χ4n) is 4.73. The van der Waals surface area contributed by atoms with Gasteiger partial charge in [-0.3, -0.25) is 14.4 Å². The lowest BCUT2D eigenvalue weighted by atomic mass is 10.0. The molecule has 1 aromatic heterocycles. The van der Waals surface area contributed by atoms with Gasteiger partial charge in [0.2, 0.25) is 0 Å². The minimum Gasteiger partial charge on any atom is -0.444 e. The number of carbonyl (C=O) groups is 3. The van der Waals surface area contributed by atoms with E-state index in [1.807, 2.05) is 39.5 Å². The number of hydrogen-bond acceptors (Lipinski definition) is 7. The largest absolute Gasteiger partial charge is 0.444 e. The van der Waals surface area contributed by atoms with Crippen LogP contribution < -0.4 is 0 Å². The predicted octanol–water partition coefficient (Wildman–Crippen LogP) is 4.56. The van der Waals surface area contributed by atoms with Gasteiger partial charge in [-0.05, 0) is 72.4 Å². The molecule has 210 valence electrons. The van der Waals surface area contributed by atoms with Gasteiger partial charge >= 0.3 is 6.09 Å². The van der Waals surface area contributed by atoms with Crippen LogP contribution in [0.25, 0.3) is 11.4 Å². The van der Waals surface area contributed by atoms with Crippen LogP contribution in [0.1, 0.15) is 81.0 Å². The highest BCUT2D eigenvalue weighted by Gasteiger charge is 2.40.